The van der Waals surface area contributed by atoms with Gasteiger partial charge in [-0.3, -0.25) is 9.59 Å². The molecule has 1 aromatic heterocycles. The molecule has 1 saturated heterocycles. The second-order valence-corrected chi connectivity index (χ2v) is 7.24. The Labute approximate surface area is 150 Å². The lowest BCUT2D eigenvalue weighted by Crippen LogP contribution is -2.56. The lowest BCUT2D eigenvalue weighted by molar-refractivity contribution is -0.0974. The molecule has 2 unspecified atom stereocenters. The molecule has 1 amide bonds. The molecule has 1 aromatic carbocycles. The van der Waals surface area contributed by atoms with Crippen molar-refractivity contribution in [2.75, 3.05) is 13.2 Å². The summed E-state index contributed by atoms with van der Waals surface area (Å²) in [5, 5.41) is 0. The maximum atomic E-state index is 13.2. The van der Waals surface area contributed by atoms with E-state index in [-0.39, 0.29) is 29.7 Å². The van der Waals surface area contributed by atoms with Gasteiger partial charge in [-0.2, -0.15) is 0 Å². The lowest BCUT2D eigenvalue weighted by atomic mass is 9.98. The Balaban J connectivity index is 1.62. The van der Waals surface area contributed by atoms with E-state index in [4.69, 9.17) is 9.47 Å². The molecule has 0 saturated carbocycles. The second kappa shape index (κ2) is 5.45. The molecule has 5 rings (SSSR count). The maximum Gasteiger partial charge on any atom is 0.276 e. The van der Waals surface area contributed by atoms with Crippen LogP contribution in [0.2, 0.25) is 0 Å². The van der Waals surface area contributed by atoms with Gasteiger partial charge >= 0.3 is 0 Å². The predicted molar refractivity (Wildman–Crippen MR) is 94.2 cm³/mol. The van der Waals surface area contributed by atoms with Gasteiger partial charge in [0.15, 0.2) is 17.2 Å². The Morgan fingerprint density at radius 2 is 2.08 bits per heavy atom. The van der Waals surface area contributed by atoms with Crippen LogP contribution in [0.1, 0.15) is 41.1 Å². The SMILES string of the molecule is CC12OCCN1C(=O)c1c(OCc3ccccc3)c(=O)cc3n1C2CC3. The molecule has 1 fully saturated rings. The van der Waals surface area contributed by atoms with Crippen LogP contribution in [0.25, 0.3) is 0 Å². The molecule has 0 aliphatic carbocycles. The topological polar surface area (TPSA) is 60.8 Å². The number of pyridine rings is 1. The van der Waals surface area contributed by atoms with Gasteiger partial charge in [0.1, 0.15) is 6.61 Å². The first kappa shape index (κ1) is 15.6. The molecule has 0 bridgehead atoms. The number of nitrogens with zero attached hydrogens (tertiary/aromatic N) is 2. The van der Waals surface area contributed by atoms with Crippen LogP contribution >= 0.6 is 0 Å². The smallest absolute Gasteiger partial charge is 0.276 e. The summed E-state index contributed by atoms with van der Waals surface area (Å²) in [5.41, 5.74) is 1.38. The van der Waals surface area contributed by atoms with Crippen LogP contribution in [0.4, 0.5) is 0 Å². The Morgan fingerprint density at radius 3 is 2.88 bits per heavy atom. The molecule has 2 aromatic rings. The highest BCUT2D eigenvalue weighted by atomic mass is 16.5. The number of rotatable bonds is 3. The highest BCUT2D eigenvalue weighted by Crippen LogP contribution is 2.47. The standard InChI is InChI=1S/C20H20N2O4/c1-20-16-8-7-14-11-15(23)18(25-12-13-5-3-2-4-6-13)17(22(14)16)19(24)21(20)9-10-26-20/h2-6,11,16H,7-10,12H2,1H3. The van der Waals surface area contributed by atoms with Crippen molar-refractivity contribution in [2.24, 2.45) is 0 Å². The van der Waals surface area contributed by atoms with E-state index in [1.165, 1.54) is 0 Å². The number of hydrogen-bond acceptors (Lipinski definition) is 4. The van der Waals surface area contributed by atoms with E-state index in [9.17, 15) is 9.59 Å². The quantitative estimate of drug-likeness (QED) is 0.849. The number of aryl methyl sites for hydroxylation is 1. The van der Waals surface area contributed by atoms with E-state index in [1.54, 1.807) is 11.0 Å². The van der Waals surface area contributed by atoms with Crippen LogP contribution in [-0.2, 0) is 17.8 Å². The first-order chi connectivity index (χ1) is 12.6. The molecule has 2 atom stereocenters. The van der Waals surface area contributed by atoms with Crippen LogP contribution in [0, 0.1) is 0 Å². The minimum absolute atomic E-state index is 0.0207. The average Bonchev–Trinajstić information content (AvgIpc) is 3.24. The number of carbonyl (C=O) groups is 1. The third-order valence-electron chi connectivity index (χ3n) is 5.81. The van der Waals surface area contributed by atoms with Crippen molar-refractivity contribution in [3.05, 3.63) is 63.6 Å². The van der Waals surface area contributed by atoms with E-state index in [0.29, 0.717) is 18.8 Å². The predicted octanol–water partition coefficient (Wildman–Crippen LogP) is 2.12. The third-order valence-corrected chi connectivity index (χ3v) is 5.81. The van der Waals surface area contributed by atoms with Crippen molar-refractivity contribution in [1.82, 2.24) is 9.47 Å². The van der Waals surface area contributed by atoms with Crippen LogP contribution in [0.5, 0.6) is 5.75 Å². The summed E-state index contributed by atoms with van der Waals surface area (Å²) < 4.78 is 13.8. The fraction of sp³-hybridized carbons (Fsp3) is 0.400. The first-order valence-corrected chi connectivity index (χ1v) is 9.00. The van der Waals surface area contributed by atoms with Crippen molar-refractivity contribution >= 4 is 5.91 Å². The Bertz CT molecular complexity index is 952. The summed E-state index contributed by atoms with van der Waals surface area (Å²) in [6.45, 7) is 3.30. The van der Waals surface area contributed by atoms with E-state index in [1.807, 2.05) is 41.8 Å². The second-order valence-electron chi connectivity index (χ2n) is 7.24. The molecular weight excluding hydrogens is 332 g/mol. The summed E-state index contributed by atoms with van der Waals surface area (Å²) in [7, 11) is 0. The fourth-order valence-electron chi connectivity index (χ4n) is 4.55. The Hall–Kier alpha value is -2.60. The van der Waals surface area contributed by atoms with E-state index < -0.39 is 5.72 Å². The molecular formula is C20H20N2O4. The Kier molecular flexibility index (Phi) is 3.28. The molecule has 4 heterocycles. The molecule has 6 nitrogen and oxygen atoms in total. The van der Waals surface area contributed by atoms with E-state index in [0.717, 1.165) is 24.1 Å². The van der Waals surface area contributed by atoms with Crippen LogP contribution in [0.15, 0.2) is 41.2 Å². The van der Waals surface area contributed by atoms with Gasteiger partial charge in [-0.15, -0.1) is 0 Å². The largest absolute Gasteiger partial charge is 0.483 e. The van der Waals surface area contributed by atoms with Crippen molar-refractivity contribution in [2.45, 2.75) is 38.1 Å². The van der Waals surface area contributed by atoms with Gasteiger partial charge in [-0.25, -0.2) is 0 Å². The van der Waals surface area contributed by atoms with Gasteiger partial charge in [0.25, 0.3) is 5.91 Å². The molecule has 3 aliphatic rings. The maximum absolute atomic E-state index is 13.2. The zero-order valence-corrected chi connectivity index (χ0v) is 14.6. The Morgan fingerprint density at radius 1 is 1.27 bits per heavy atom. The summed E-state index contributed by atoms with van der Waals surface area (Å²) >= 11 is 0. The lowest BCUT2D eigenvalue weighted by Gasteiger charge is -2.44. The minimum atomic E-state index is -0.638. The van der Waals surface area contributed by atoms with Gasteiger partial charge in [-0.05, 0) is 25.3 Å². The van der Waals surface area contributed by atoms with Crippen molar-refractivity contribution < 1.29 is 14.3 Å². The zero-order valence-electron chi connectivity index (χ0n) is 14.6. The summed E-state index contributed by atoms with van der Waals surface area (Å²) in [6, 6.07) is 11.3. The summed E-state index contributed by atoms with van der Waals surface area (Å²) in [5.74, 6) is -0.0198. The van der Waals surface area contributed by atoms with Gasteiger partial charge in [0.05, 0.1) is 12.6 Å². The zero-order chi connectivity index (χ0) is 17.9. The summed E-state index contributed by atoms with van der Waals surface area (Å²) in [4.78, 5) is 27.7. The highest BCUT2D eigenvalue weighted by molar-refractivity contribution is 5.97. The molecule has 0 N–H and O–H groups in total. The van der Waals surface area contributed by atoms with Gasteiger partial charge in [0, 0.05) is 18.3 Å². The average molecular weight is 352 g/mol. The number of ether oxygens (including phenoxy) is 2. The molecule has 0 radical (unpaired) electrons. The van der Waals surface area contributed by atoms with Gasteiger partial charge in [-0.1, -0.05) is 30.3 Å². The van der Waals surface area contributed by atoms with Crippen LogP contribution < -0.4 is 10.2 Å². The summed E-state index contributed by atoms with van der Waals surface area (Å²) in [6.07, 6.45) is 1.63. The molecule has 134 valence electrons. The van der Waals surface area contributed by atoms with E-state index >= 15 is 0 Å². The highest BCUT2D eigenvalue weighted by Gasteiger charge is 2.55. The van der Waals surface area contributed by atoms with Crippen molar-refractivity contribution in [1.29, 1.82) is 0 Å². The number of aromatic nitrogens is 1. The van der Waals surface area contributed by atoms with E-state index in [2.05, 4.69) is 0 Å². The number of benzene rings is 1. The number of fused-ring (bicyclic) bond motifs is 2. The van der Waals surface area contributed by atoms with Crippen LogP contribution in [0.3, 0.4) is 0 Å². The monoisotopic (exact) mass is 352 g/mol. The van der Waals surface area contributed by atoms with Crippen molar-refractivity contribution in [3.63, 3.8) is 0 Å². The normalized spacial score (nSPS) is 26.0. The first-order valence-electron chi connectivity index (χ1n) is 9.00. The third kappa shape index (κ3) is 2.02. The number of carbonyl (C=O) groups excluding carboxylic acids is 1. The molecule has 26 heavy (non-hydrogen) atoms. The number of amides is 1. The van der Waals surface area contributed by atoms with Crippen molar-refractivity contribution in [3.8, 4) is 5.75 Å². The van der Waals surface area contributed by atoms with Gasteiger partial charge in [0.2, 0.25) is 5.43 Å². The fourth-order valence-corrected chi connectivity index (χ4v) is 4.55. The number of hydrogen-bond donors (Lipinski definition) is 0. The minimum Gasteiger partial charge on any atom is -0.483 e. The van der Waals surface area contributed by atoms with Crippen LogP contribution in [-0.4, -0.2) is 34.3 Å². The molecule has 6 heteroatoms. The molecule has 3 aliphatic heterocycles. The molecule has 0 spiro atoms. The van der Waals surface area contributed by atoms with Gasteiger partial charge < -0.3 is 18.9 Å².